The Morgan fingerprint density at radius 3 is 2.74 bits per heavy atom. The fourth-order valence-corrected chi connectivity index (χ4v) is 4.85. The number of nitrogens with one attached hydrogen (secondary N) is 1. The molecule has 9 nitrogen and oxygen atoms in total. The van der Waals surface area contributed by atoms with E-state index in [9.17, 15) is 14.4 Å². The molecule has 1 atom stereocenters. The molecular weight excluding hydrogens is 470 g/mol. The maximum Gasteiger partial charge on any atom is 0.337 e. The molecule has 2 aromatic carbocycles. The molecule has 0 spiro atoms. The van der Waals surface area contributed by atoms with Crippen LogP contribution >= 0.6 is 11.8 Å². The van der Waals surface area contributed by atoms with E-state index in [0.29, 0.717) is 40.7 Å². The number of amides is 1. The predicted molar refractivity (Wildman–Crippen MR) is 132 cm³/mol. The third-order valence-electron chi connectivity index (χ3n) is 5.78. The third-order valence-corrected chi connectivity index (χ3v) is 6.76. The lowest BCUT2D eigenvalue weighted by atomic mass is 10.2. The molecule has 1 N–H and O–H groups in total. The van der Waals surface area contributed by atoms with Crippen LogP contribution in [0, 0.1) is 0 Å². The van der Waals surface area contributed by atoms with Crippen LogP contribution in [0.15, 0.2) is 62.9 Å². The first-order chi connectivity index (χ1) is 17.0. The second-order valence-corrected chi connectivity index (χ2v) is 9.07. The van der Waals surface area contributed by atoms with E-state index in [0.717, 1.165) is 18.2 Å². The van der Waals surface area contributed by atoms with Crippen LogP contribution in [0.2, 0.25) is 0 Å². The van der Waals surface area contributed by atoms with Crippen molar-refractivity contribution in [3.63, 3.8) is 0 Å². The fraction of sp³-hybridized carbons (Fsp3) is 0.280. The number of carbonyl (C=O) groups excluding carboxylic acids is 2. The van der Waals surface area contributed by atoms with Gasteiger partial charge in [0.1, 0.15) is 11.1 Å². The Labute approximate surface area is 204 Å². The van der Waals surface area contributed by atoms with E-state index in [1.165, 1.54) is 18.9 Å². The monoisotopic (exact) mass is 493 g/mol. The van der Waals surface area contributed by atoms with Crippen LogP contribution in [0.25, 0.3) is 22.1 Å². The van der Waals surface area contributed by atoms with Crippen molar-refractivity contribution in [2.45, 2.75) is 30.6 Å². The van der Waals surface area contributed by atoms with Gasteiger partial charge in [0.15, 0.2) is 5.16 Å². The molecule has 2 aromatic heterocycles. The van der Waals surface area contributed by atoms with Gasteiger partial charge in [-0.1, -0.05) is 23.9 Å². The number of thioether (sulfide) groups is 1. The molecule has 5 rings (SSSR count). The number of fused-ring (bicyclic) bond motifs is 3. The maximum atomic E-state index is 13.4. The van der Waals surface area contributed by atoms with Crippen LogP contribution in [0.4, 0.5) is 5.69 Å². The summed E-state index contributed by atoms with van der Waals surface area (Å²) in [6.07, 6.45) is 1.72. The highest BCUT2D eigenvalue weighted by Crippen LogP contribution is 2.28. The highest BCUT2D eigenvalue weighted by molar-refractivity contribution is 7.99. The van der Waals surface area contributed by atoms with E-state index >= 15 is 0 Å². The van der Waals surface area contributed by atoms with Crippen molar-refractivity contribution in [3.05, 3.63) is 64.4 Å². The van der Waals surface area contributed by atoms with Gasteiger partial charge in [0.2, 0.25) is 11.5 Å². The number of nitrogens with zero attached hydrogens (tertiary/aromatic N) is 2. The zero-order valence-corrected chi connectivity index (χ0v) is 19.8. The minimum absolute atomic E-state index is 0.0397. The number of anilines is 1. The number of para-hydroxylation sites is 1. The predicted octanol–water partition coefficient (Wildman–Crippen LogP) is 3.84. The zero-order valence-electron chi connectivity index (χ0n) is 19.0. The Hall–Kier alpha value is -3.63. The molecule has 1 amide bonds. The molecule has 1 aliphatic rings. The van der Waals surface area contributed by atoms with Crippen LogP contribution in [0.5, 0.6) is 0 Å². The lowest BCUT2D eigenvalue weighted by Gasteiger charge is -2.15. The Kier molecular flexibility index (Phi) is 6.56. The summed E-state index contributed by atoms with van der Waals surface area (Å²) in [4.78, 5) is 42.3. The average molecular weight is 494 g/mol. The van der Waals surface area contributed by atoms with Gasteiger partial charge in [-0.05, 0) is 49.2 Å². The second kappa shape index (κ2) is 9.93. The van der Waals surface area contributed by atoms with Crippen LogP contribution in [0.1, 0.15) is 23.2 Å². The first-order valence-electron chi connectivity index (χ1n) is 11.2. The van der Waals surface area contributed by atoms with Crippen molar-refractivity contribution in [1.29, 1.82) is 0 Å². The molecule has 0 saturated carbocycles. The standard InChI is InChI=1S/C25H23N3O6S/c1-32-24(31)15-8-10-16(11-9-15)26-20(29)14-35-25-27-21-18-6-2-3-7-19(18)34-22(21)23(30)28(25)13-17-5-4-12-33-17/h2-3,6-11,17H,4-5,12-14H2,1H3,(H,26,29)/t17-/m1/s1. The van der Waals surface area contributed by atoms with Gasteiger partial charge in [-0.15, -0.1) is 0 Å². The van der Waals surface area contributed by atoms with Gasteiger partial charge in [-0.3, -0.25) is 14.2 Å². The molecule has 1 fully saturated rings. The zero-order chi connectivity index (χ0) is 24.4. The molecule has 35 heavy (non-hydrogen) atoms. The molecule has 180 valence electrons. The van der Waals surface area contributed by atoms with E-state index in [1.807, 2.05) is 18.2 Å². The number of esters is 1. The van der Waals surface area contributed by atoms with E-state index in [1.54, 1.807) is 34.9 Å². The minimum Gasteiger partial charge on any atom is -0.465 e. The van der Waals surface area contributed by atoms with Gasteiger partial charge in [0, 0.05) is 17.7 Å². The molecule has 1 aliphatic heterocycles. The van der Waals surface area contributed by atoms with Crippen molar-refractivity contribution in [1.82, 2.24) is 9.55 Å². The number of carbonyl (C=O) groups is 2. The van der Waals surface area contributed by atoms with Gasteiger partial charge >= 0.3 is 5.97 Å². The Morgan fingerprint density at radius 2 is 2.00 bits per heavy atom. The van der Waals surface area contributed by atoms with Crippen molar-refractivity contribution in [3.8, 4) is 0 Å². The molecule has 0 unspecified atom stereocenters. The number of methoxy groups -OCH3 is 1. The van der Waals surface area contributed by atoms with E-state index in [-0.39, 0.29) is 28.9 Å². The number of hydrogen-bond donors (Lipinski definition) is 1. The van der Waals surface area contributed by atoms with Crippen LogP contribution in [-0.4, -0.2) is 47.0 Å². The maximum absolute atomic E-state index is 13.4. The van der Waals surface area contributed by atoms with Crippen molar-refractivity contribution < 1.29 is 23.5 Å². The molecule has 1 saturated heterocycles. The molecule has 0 radical (unpaired) electrons. The summed E-state index contributed by atoms with van der Waals surface area (Å²) >= 11 is 1.18. The second-order valence-electron chi connectivity index (χ2n) is 8.13. The van der Waals surface area contributed by atoms with Gasteiger partial charge in [-0.2, -0.15) is 0 Å². The summed E-state index contributed by atoms with van der Waals surface area (Å²) in [6.45, 7) is 1.01. The Morgan fingerprint density at radius 1 is 1.20 bits per heavy atom. The van der Waals surface area contributed by atoms with Crippen LogP contribution < -0.4 is 10.9 Å². The normalized spacial score (nSPS) is 15.5. The Bertz CT molecular complexity index is 1450. The quantitative estimate of drug-likeness (QED) is 0.235. The van der Waals surface area contributed by atoms with E-state index in [4.69, 9.17) is 14.1 Å². The molecular formula is C25H23N3O6S. The topological polar surface area (TPSA) is 113 Å². The summed E-state index contributed by atoms with van der Waals surface area (Å²) < 4.78 is 17.8. The smallest absolute Gasteiger partial charge is 0.337 e. The fourth-order valence-electron chi connectivity index (χ4n) is 4.05. The van der Waals surface area contributed by atoms with Gasteiger partial charge in [0.25, 0.3) is 5.56 Å². The summed E-state index contributed by atoms with van der Waals surface area (Å²) in [5, 5.41) is 3.98. The van der Waals surface area contributed by atoms with Gasteiger partial charge in [-0.25, -0.2) is 9.78 Å². The minimum atomic E-state index is -0.448. The summed E-state index contributed by atoms with van der Waals surface area (Å²) in [5.74, 6) is -0.676. The number of aromatic nitrogens is 2. The lowest BCUT2D eigenvalue weighted by Crippen LogP contribution is -2.29. The number of rotatable bonds is 7. The SMILES string of the molecule is COC(=O)c1ccc(NC(=O)CSc2nc3c(oc4ccccc43)c(=O)n2C[C@H]2CCCO2)cc1. The Balaban J connectivity index is 1.39. The van der Waals surface area contributed by atoms with Crippen molar-refractivity contribution in [2.75, 3.05) is 24.8 Å². The molecule has 3 heterocycles. The van der Waals surface area contributed by atoms with Crippen molar-refractivity contribution >= 4 is 51.4 Å². The first kappa shape index (κ1) is 23.1. The molecule has 0 aliphatic carbocycles. The van der Waals surface area contributed by atoms with E-state index in [2.05, 4.69) is 10.1 Å². The summed E-state index contributed by atoms with van der Waals surface area (Å²) in [7, 11) is 1.31. The average Bonchev–Trinajstić information content (AvgIpc) is 3.53. The molecule has 0 bridgehead atoms. The number of ether oxygens (including phenoxy) is 2. The summed E-state index contributed by atoms with van der Waals surface area (Å²) in [5.41, 5.74) is 1.92. The lowest BCUT2D eigenvalue weighted by molar-refractivity contribution is -0.113. The molecule has 4 aromatic rings. The number of hydrogen-bond acceptors (Lipinski definition) is 8. The van der Waals surface area contributed by atoms with Crippen LogP contribution in [-0.2, 0) is 20.8 Å². The van der Waals surface area contributed by atoms with Crippen LogP contribution in [0.3, 0.4) is 0 Å². The highest BCUT2D eigenvalue weighted by Gasteiger charge is 2.23. The number of benzene rings is 2. The van der Waals surface area contributed by atoms with Crippen molar-refractivity contribution in [2.24, 2.45) is 0 Å². The largest absolute Gasteiger partial charge is 0.465 e. The molecule has 10 heteroatoms. The first-order valence-corrected chi connectivity index (χ1v) is 12.2. The third kappa shape index (κ3) is 4.80. The van der Waals surface area contributed by atoms with E-state index < -0.39 is 5.97 Å². The number of furan rings is 1. The summed E-state index contributed by atoms with van der Waals surface area (Å²) in [6, 6.07) is 13.8. The highest BCUT2D eigenvalue weighted by atomic mass is 32.2. The van der Waals surface area contributed by atoms with Gasteiger partial charge < -0.3 is 19.2 Å². The van der Waals surface area contributed by atoms with Gasteiger partial charge in [0.05, 0.1) is 31.1 Å².